The van der Waals surface area contributed by atoms with Gasteiger partial charge < -0.3 is 5.32 Å². The van der Waals surface area contributed by atoms with Crippen LogP contribution in [0.1, 0.15) is 13.3 Å². The lowest BCUT2D eigenvalue weighted by Crippen LogP contribution is -2.13. The highest BCUT2D eigenvalue weighted by atomic mass is 35.5. The van der Waals surface area contributed by atoms with Crippen molar-refractivity contribution in [1.29, 1.82) is 0 Å². The van der Waals surface area contributed by atoms with E-state index in [-0.39, 0.29) is 15.8 Å². The lowest BCUT2D eigenvalue weighted by molar-refractivity contribution is -0.115. The van der Waals surface area contributed by atoms with Crippen LogP contribution in [0.5, 0.6) is 0 Å². The van der Waals surface area contributed by atoms with Crippen LogP contribution in [0, 0.1) is 0 Å². The third-order valence-electron chi connectivity index (χ3n) is 1.86. The number of carbonyl (C=O) groups excluding carboxylic acids is 1. The van der Waals surface area contributed by atoms with Gasteiger partial charge in [0.1, 0.15) is 0 Å². The Bertz CT molecular complexity index is 513. The van der Waals surface area contributed by atoms with E-state index in [0.29, 0.717) is 12.1 Å². The predicted molar refractivity (Wildman–Crippen MR) is 61.7 cm³/mol. The van der Waals surface area contributed by atoms with Gasteiger partial charge >= 0.3 is 0 Å². The van der Waals surface area contributed by atoms with Gasteiger partial charge in [-0.3, -0.25) is 4.79 Å². The van der Waals surface area contributed by atoms with Crippen molar-refractivity contribution in [2.24, 2.45) is 5.14 Å². The molecule has 0 aliphatic heterocycles. The molecule has 0 spiro atoms. The highest BCUT2D eigenvalue weighted by molar-refractivity contribution is 7.89. The van der Waals surface area contributed by atoms with E-state index in [0.717, 1.165) is 0 Å². The molecule has 1 rings (SSSR count). The van der Waals surface area contributed by atoms with Crippen molar-refractivity contribution in [3.05, 3.63) is 23.2 Å². The lowest BCUT2D eigenvalue weighted by Gasteiger charge is -2.07. The summed E-state index contributed by atoms with van der Waals surface area (Å²) in [5.74, 6) is -0.203. The number of amides is 1. The second kappa shape index (κ2) is 4.82. The van der Waals surface area contributed by atoms with Gasteiger partial charge in [0, 0.05) is 6.42 Å². The Morgan fingerprint density at radius 3 is 2.56 bits per heavy atom. The summed E-state index contributed by atoms with van der Waals surface area (Å²) in [6.07, 6.45) is 0.313. The third kappa shape index (κ3) is 3.19. The first kappa shape index (κ1) is 13.0. The standard InChI is InChI=1S/C9H11ClN2O3S/c1-2-9(13)12-8-4-3-6(5-7(8)10)16(11,14)15/h3-5H,2H2,1H3,(H,12,13)(H2,11,14,15). The van der Waals surface area contributed by atoms with Crippen LogP contribution in [0.15, 0.2) is 23.1 Å². The molecule has 0 saturated carbocycles. The van der Waals surface area contributed by atoms with Gasteiger partial charge in [0.05, 0.1) is 15.6 Å². The fourth-order valence-corrected chi connectivity index (χ4v) is 1.85. The number of primary sulfonamides is 1. The Hall–Kier alpha value is -1.11. The van der Waals surface area contributed by atoms with Crippen LogP contribution in [0.2, 0.25) is 5.02 Å². The quantitative estimate of drug-likeness (QED) is 0.861. The average molecular weight is 263 g/mol. The van der Waals surface area contributed by atoms with Gasteiger partial charge in [0.15, 0.2) is 0 Å². The maximum Gasteiger partial charge on any atom is 0.238 e. The zero-order valence-corrected chi connectivity index (χ0v) is 10.1. The number of nitrogens with one attached hydrogen (secondary N) is 1. The molecule has 7 heteroatoms. The van der Waals surface area contributed by atoms with Crippen LogP contribution in [-0.2, 0) is 14.8 Å². The summed E-state index contributed by atoms with van der Waals surface area (Å²) >= 11 is 5.80. The van der Waals surface area contributed by atoms with E-state index in [1.165, 1.54) is 18.2 Å². The van der Waals surface area contributed by atoms with E-state index in [9.17, 15) is 13.2 Å². The molecule has 0 saturated heterocycles. The molecule has 16 heavy (non-hydrogen) atoms. The van der Waals surface area contributed by atoms with E-state index in [2.05, 4.69) is 5.32 Å². The predicted octanol–water partition coefficient (Wildman–Crippen LogP) is 1.34. The number of anilines is 1. The number of hydrogen-bond acceptors (Lipinski definition) is 3. The van der Waals surface area contributed by atoms with Crippen molar-refractivity contribution in [2.45, 2.75) is 18.2 Å². The van der Waals surface area contributed by atoms with Crippen LogP contribution in [-0.4, -0.2) is 14.3 Å². The topological polar surface area (TPSA) is 89.3 Å². The number of benzene rings is 1. The summed E-state index contributed by atoms with van der Waals surface area (Å²) in [6.45, 7) is 1.70. The van der Waals surface area contributed by atoms with Crippen LogP contribution in [0.3, 0.4) is 0 Å². The molecule has 5 nitrogen and oxygen atoms in total. The molecule has 0 radical (unpaired) electrons. The van der Waals surface area contributed by atoms with E-state index < -0.39 is 10.0 Å². The van der Waals surface area contributed by atoms with Crippen LogP contribution in [0.4, 0.5) is 5.69 Å². The molecule has 0 aliphatic carbocycles. The number of nitrogens with two attached hydrogens (primary N) is 1. The SMILES string of the molecule is CCC(=O)Nc1ccc(S(N)(=O)=O)cc1Cl. The second-order valence-electron chi connectivity index (χ2n) is 3.09. The van der Waals surface area contributed by atoms with E-state index in [1.807, 2.05) is 0 Å². The number of carbonyl (C=O) groups is 1. The maximum atomic E-state index is 11.1. The molecule has 0 aromatic heterocycles. The molecule has 0 aliphatic rings. The highest BCUT2D eigenvalue weighted by Crippen LogP contribution is 2.24. The molecule has 0 unspecified atom stereocenters. The fourth-order valence-electron chi connectivity index (χ4n) is 1.01. The van der Waals surface area contributed by atoms with Crippen molar-refractivity contribution >= 4 is 33.2 Å². The van der Waals surface area contributed by atoms with E-state index >= 15 is 0 Å². The molecule has 0 heterocycles. The smallest absolute Gasteiger partial charge is 0.238 e. The van der Waals surface area contributed by atoms with Crippen molar-refractivity contribution in [2.75, 3.05) is 5.32 Å². The Morgan fingerprint density at radius 1 is 1.50 bits per heavy atom. The summed E-state index contributed by atoms with van der Waals surface area (Å²) in [7, 11) is -3.77. The van der Waals surface area contributed by atoms with Gasteiger partial charge in [0.2, 0.25) is 15.9 Å². The van der Waals surface area contributed by atoms with Gasteiger partial charge in [-0.25, -0.2) is 13.6 Å². The molecular weight excluding hydrogens is 252 g/mol. The van der Waals surface area contributed by atoms with Crippen LogP contribution in [0.25, 0.3) is 0 Å². The maximum absolute atomic E-state index is 11.1. The van der Waals surface area contributed by atoms with Gasteiger partial charge in [-0.15, -0.1) is 0 Å². The molecular formula is C9H11ClN2O3S. The zero-order chi connectivity index (χ0) is 12.3. The highest BCUT2D eigenvalue weighted by Gasteiger charge is 2.11. The van der Waals surface area contributed by atoms with Crippen molar-refractivity contribution in [3.63, 3.8) is 0 Å². The molecule has 1 amide bonds. The minimum Gasteiger partial charge on any atom is -0.325 e. The Kier molecular flexibility index (Phi) is 3.90. The molecule has 1 aromatic rings. The Morgan fingerprint density at radius 2 is 2.12 bits per heavy atom. The zero-order valence-electron chi connectivity index (χ0n) is 8.53. The first-order valence-corrected chi connectivity index (χ1v) is 6.39. The van der Waals surface area contributed by atoms with E-state index in [4.69, 9.17) is 16.7 Å². The van der Waals surface area contributed by atoms with Gasteiger partial charge in [-0.1, -0.05) is 18.5 Å². The monoisotopic (exact) mass is 262 g/mol. The minimum absolute atomic E-state index is 0.0907. The summed E-state index contributed by atoms with van der Waals surface area (Å²) in [4.78, 5) is 11.0. The van der Waals surface area contributed by atoms with Crippen molar-refractivity contribution in [1.82, 2.24) is 0 Å². The molecule has 1 aromatic carbocycles. The lowest BCUT2D eigenvalue weighted by atomic mass is 10.3. The minimum atomic E-state index is -3.77. The second-order valence-corrected chi connectivity index (χ2v) is 5.06. The largest absolute Gasteiger partial charge is 0.325 e. The number of sulfonamides is 1. The first-order valence-electron chi connectivity index (χ1n) is 4.46. The first-order chi connectivity index (χ1) is 7.34. The van der Waals surface area contributed by atoms with Crippen molar-refractivity contribution in [3.8, 4) is 0 Å². The molecule has 0 fully saturated rings. The Balaban J connectivity index is 3.06. The Labute approximate surface area is 98.6 Å². The summed E-state index contributed by atoms with van der Waals surface area (Å²) in [5.41, 5.74) is 0.362. The molecule has 3 N–H and O–H groups in total. The van der Waals surface area contributed by atoms with Gasteiger partial charge in [-0.2, -0.15) is 0 Å². The summed E-state index contributed by atoms with van der Waals surface area (Å²) in [5, 5.41) is 7.59. The van der Waals surface area contributed by atoms with E-state index in [1.54, 1.807) is 6.92 Å². The summed E-state index contributed by atoms with van der Waals surface area (Å²) in [6, 6.07) is 3.88. The van der Waals surface area contributed by atoms with Crippen molar-refractivity contribution < 1.29 is 13.2 Å². The normalized spacial score (nSPS) is 11.2. The number of rotatable bonds is 3. The molecule has 0 atom stereocenters. The summed E-state index contributed by atoms with van der Waals surface area (Å²) < 4.78 is 22.0. The third-order valence-corrected chi connectivity index (χ3v) is 3.09. The number of halogens is 1. The molecule has 0 bridgehead atoms. The van der Waals surface area contributed by atoms with Crippen LogP contribution >= 0.6 is 11.6 Å². The van der Waals surface area contributed by atoms with Crippen LogP contribution < -0.4 is 10.5 Å². The molecule has 88 valence electrons. The van der Waals surface area contributed by atoms with Gasteiger partial charge in [-0.05, 0) is 18.2 Å². The number of hydrogen-bond donors (Lipinski definition) is 2. The average Bonchev–Trinajstić information content (AvgIpc) is 2.19. The van der Waals surface area contributed by atoms with Gasteiger partial charge in [0.25, 0.3) is 0 Å². The fraction of sp³-hybridized carbons (Fsp3) is 0.222.